The fraction of sp³-hybridized carbons (Fsp3) is 0.286. The first kappa shape index (κ1) is 14.1. The van der Waals surface area contributed by atoms with Crippen LogP contribution in [0.2, 0.25) is 0 Å². The molecule has 0 N–H and O–H groups in total. The first-order chi connectivity index (χ1) is 9.25. The Labute approximate surface area is 114 Å². The Morgan fingerprint density at radius 3 is 2.30 bits per heavy atom. The second kappa shape index (κ2) is 4.67. The van der Waals surface area contributed by atoms with Gasteiger partial charge in [0.25, 0.3) is 0 Å². The molecule has 0 amide bonds. The van der Waals surface area contributed by atoms with Crippen molar-refractivity contribution in [1.29, 1.82) is 5.26 Å². The summed E-state index contributed by atoms with van der Waals surface area (Å²) in [5, 5.41) is 13.0. The molecule has 0 aliphatic rings. The van der Waals surface area contributed by atoms with Crippen molar-refractivity contribution in [1.82, 2.24) is 9.78 Å². The zero-order valence-corrected chi connectivity index (χ0v) is 11.2. The molecule has 2 rings (SSSR count). The Morgan fingerprint density at radius 1 is 1.20 bits per heavy atom. The van der Waals surface area contributed by atoms with Gasteiger partial charge in [0.2, 0.25) is 0 Å². The van der Waals surface area contributed by atoms with Gasteiger partial charge in [0, 0.05) is 5.69 Å². The Bertz CT molecular complexity index is 706. The maximum Gasteiger partial charge on any atom is 0.417 e. The molecule has 0 unspecified atom stereocenters. The summed E-state index contributed by atoms with van der Waals surface area (Å²) in [6, 6.07) is 5.15. The number of nitriles is 1. The maximum absolute atomic E-state index is 12.9. The number of alkyl halides is 3. The van der Waals surface area contributed by atoms with Crippen LogP contribution in [0, 0.1) is 32.1 Å². The van der Waals surface area contributed by atoms with Crippen molar-refractivity contribution < 1.29 is 13.2 Å². The quantitative estimate of drug-likeness (QED) is 0.799. The molecule has 0 radical (unpaired) electrons. The highest BCUT2D eigenvalue weighted by molar-refractivity contribution is 5.48. The highest BCUT2D eigenvalue weighted by atomic mass is 19.4. The van der Waals surface area contributed by atoms with E-state index in [-0.39, 0.29) is 5.56 Å². The lowest BCUT2D eigenvalue weighted by Gasteiger charge is -2.11. The fourth-order valence-corrected chi connectivity index (χ4v) is 1.97. The van der Waals surface area contributed by atoms with E-state index in [1.54, 1.807) is 19.9 Å². The number of hydrogen-bond acceptors (Lipinski definition) is 2. The molecule has 0 bridgehead atoms. The third-order valence-corrected chi connectivity index (χ3v) is 3.33. The molecule has 0 saturated heterocycles. The average Bonchev–Trinajstić information content (AvgIpc) is 2.65. The minimum atomic E-state index is -4.56. The molecule has 0 aliphatic carbocycles. The number of halogens is 3. The van der Waals surface area contributed by atoms with Crippen molar-refractivity contribution in [3.8, 4) is 11.8 Å². The zero-order valence-electron chi connectivity index (χ0n) is 11.2. The van der Waals surface area contributed by atoms with E-state index in [0.29, 0.717) is 5.69 Å². The van der Waals surface area contributed by atoms with E-state index in [1.807, 2.05) is 6.92 Å². The van der Waals surface area contributed by atoms with Crippen molar-refractivity contribution in [3.05, 3.63) is 46.3 Å². The topological polar surface area (TPSA) is 41.6 Å². The third-order valence-electron chi connectivity index (χ3n) is 3.33. The van der Waals surface area contributed by atoms with E-state index in [2.05, 4.69) is 5.10 Å². The third kappa shape index (κ3) is 2.27. The van der Waals surface area contributed by atoms with Gasteiger partial charge in [-0.3, -0.25) is 0 Å². The SMILES string of the molecule is Cc1nn(-c2ccc(C#N)c(C(F)(F)F)c2)c(C)c1C. The number of aromatic nitrogens is 2. The van der Waals surface area contributed by atoms with E-state index in [1.165, 1.54) is 16.8 Å². The molecule has 3 nitrogen and oxygen atoms in total. The summed E-state index contributed by atoms with van der Waals surface area (Å²) in [6.45, 7) is 5.45. The standard InChI is InChI=1S/C14H12F3N3/c1-8-9(2)19-20(10(8)3)12-5-4-11(7-18)13(6-12)14(15,16)17/h4-6H,1-3H3. The number of nitrogens with zero attached hydrogens (tertiary/aromatic N) is 3. The number of benzene rings is 1. The van der Waals surface area contributed by atoms with E-state index >= 15 is 0 Å². The van der Waals surface area contributed by atoms with Gasteiger partial charge < -0.3 is 0 Å². The lowest BCUT2D eigenvalue weighted by molar-refractivity contribution is -0.137. The Hall–Kier alpha value is -2.29. The number of rotatable bonds is 1. The largest absolute Gasteiger partial charge is 0.417 e. The molecule has 0 saturated carbocycles. The van der Waals surface area contributed by atoms with Crippen molar-refractivity contribution in [2.75, 3.05) is 0 Å². The van der Waals surface area contributed by atoms with Crippen molar-refractivity contribution in [2.45, 2.75) is 26.9 Å². The minimum absolute atomic E-state index is 0.296. The van der Waals surface area contributed by atoms with Crippen molar-refractivity contribution in [2.24, 2.45) is 0 Å². The molecule has 0 atom stereocenters. The fourth-order valence-electron chi connectivity index (χ4n) is 1.97. The molecule has 1 heterocycles. The van der Waals surface area contributed by atoms with Crippen LogP contribution in [0.1, 0.15) is 28.1 Å². The van der Waals surface area contributed by atoms with E-state index in [4.69, 9.17) is 5.26 Å². The molecule has 20 heavy (non-hydrogen) atoms. The Morgan fingerprint density at radius 2 is 1.85 bits per heavy atom. The van der Waals surface area contributed by atoms with Gasteiger partial charge in [-0.05, 0) is 44.5 Å². The average molecular weight is 279 g/mol. The lowest BCUT2D eigenvalue weighted by atomic mass is 10.1. The van der Waals surface area contributed by atoms with Crippen LogP contribution >= 0.6 is 0 Å². The predicted molar refractivity (Wildman–Crippen MR) is 67.5 cm³/mol. The minimum Gasteiger partial charge on any atom is -0.238 e. The van der Waals surface area contributed by atoms with Gasteiger partial charge in [-0.1, -0.05) is 0 Å². The molecule has 2 aromatic rings. The summed E-state index contributed by atoms with van der Waals surface area (Å²) < 4.78 is 40.3. The van der Waals surface area contributed by atoms with Gasteiger partial charge in [-0.25, -0.2) is 4.68 Å². The first-order valence-corrected chi connectivity index (χ1v) is 5.90. The molecule has 0 fully saturated rings. The molecule has 6 heteroatoms. The van der Waals surface area contributed by atoms with Crippen molar-refractivity contribution >= 4 is 0 Å². The molecular weight excluding hydrogens is 267 g/mol. The second-order valence-electron chi connectivity index (χ2n) is 4.55. The molecule has 0 aliphatic heterocycles. The smallest absolute Gasteiger partial charge is 0.238 e. The summed E-state index contributed by atoms with van der Waals surface area (Å²) in [4.78, 5) is 0. The molecule has 1 aromatic carbocycles. The summed E-state index contributed by atoms with van der Waals surface area (Å²) in [5.74, 6) is 0. The van der Waals surface area contributed by atoms with E-state index in [9.17, 15) is 13.2 Å². The van der Waals surface area contributed by atoms with Crippen LogP contribution in [0.3, 0.4) is 0 Å². The monoisotopic (exact) mass is 279 g/mol. The number of aryl methyl sites for hydroxylation is 1. The van der Waals surface area contributed by atoms with Gasteiger partial charge >= 0.3 is 6.18 Å². The van der Waals surface area contributed by atoms with Crippen LogP contribution in [0.25, 0.3) is 5.69 Å². The molecule has 0 spiro atoms. The van der Waals surface area contributed by atoms with Crippen LogP contribution in [-0.4, -0.2) is 9.78 Å². The van der Waals surface area contributed by atoms with Crippen LogP contribution in [-0.2, 0) is 6.18 Å². The number of hydrogen-bond donors (Lipinski definition) is 0. The summed E-state index contributed by atoms with van der Waals surface area (Å²) in [6.07, 6.45) is -4.56. The molecular formula is C14H12F3N3. The summed E-state index contributed by atoms with van der Waals surface area (Å²) in [7, 11) is 0. The summed E-state index contributed by atoms with van der Waals surface area (Å²) in [5.41, 5.74) is 1.44. The van der Waals surface area contributed by atoms with Gasteiger partial charge in [-0.15, -0.1) is 0 Å². The highest BCUT2D eigenvalue weighted by Crippen LogP contribution is 2.33. The van der Waals surface area contributed by atoms with Crippen molar-refractivity contribution in [3.63, 3.8) is 0 Å². The normalized spacial score (nSPS) is 11.4. The van der Waals surface area contributed by atoms with Gasteiger partial charge in [0.15, 0.2) is 0 Å². The van der Waals surface area contributed by atoms with Crippen LogP contribution in [0.15, 0.2) is 18.2 Å². The van der Waals surface area contributed by atoms with Gasteiger partial charge in [0.1, 0.15) is 0 Å². The Balaban J connectivity index is 2.66. The van der Waals surface area contributed by atoms with Crippen LogP contribution in [0.5, 0.6) is 0 Å². The zero-order chi connectivity index (χ0) is 15.1. The maximum atomic E-state index is 12.9. The summed E-state index contributed by atoms with van der Waals surface area (Å²) >= 11 is 0. The van der Waals surface area contributed by atoms with E-state index < -0.39 is 11.7 Å². The highest BCUT2D eigenvalue weighted by Gasteiger charge is 2.34. The van der Waals surface area contributed by atoms with Crippen LogP contribution in [0.4, 0.5) is 13.2 Å². The molecule has 1 aromatic heterocycles. The Kier molecular flexibility index (Phi) is 3.30. The van der Waals surface area contributed by atoms with Crippen LogP contribution < -0.4 is 0 Å². The first-order valence-electron chi connectivity index (χ1n) is 5.90. The molecule has 104 valence electrons. The predicted octanol–water partition coefficient (Wildman–Crippen LogP) is 3.69. The second-order valence-corrected chi connectivity index (χ2v) is 4.55. The van der Waals surface area contributed by atoms with E-state index in [0.717, 1.165) is 23.0 Å². The van der Waals surface area contributed by atoms with Gasteiger partial charge in [0.05, 0.1) is 28.6 Å². The van der Waals surface area contributed by atoms with Gasteiger partial charge in [-0.2, -0.15) is 23.5 Å². The lowest BCUT2D eigenvalue weighted by Crippen LogP contribution is -2.10.